The van der Waals surface area contributed by atoms with Crippen molar-refractivity contribution in [2.24, 2.45) is 0 Å². The lowest BCUT2D eigenvalue weighted by Gasteiger charge is -2.21. The third-order valence-corrected chi connectivity index (χ3v) is 11.4. The van der Waals surface area contributed by atoms with Crippen LogP contribution in [0.1, 0.15) is 29.0 Å². The van der Waals surface area contributed by atoms with Gasteiger partial charge < -0.3 is 4.42 Å². The summed E-state index contributed by atoms with van der Waals surface area (Å²) in [4.78, 5) is 15.1. The molecule has 4 nitrogen and oxygen atoms in total. The quantitative estimate of drug-likeness (QED) is 0.178. The summed E-state index contributed by atoms with van der Waals surface area (Å²) in [6.07, 6.45) is 2.08. The summed E-state index contributed by atoms with van der Waals surface area (Å²) in [6, 6.07) is 64.5. The second-order valence-corrected chi connectivity index (χ2v) is 14.6. The number of aromatic nitrogens is 3. The van der Waals surface area contributed by atoms with Gasteiger partial charge in [0, 0.05) is 33.4 Å². The van der Waals surface area contributed by atoms with Crippen LogP contribution in [0.25, 0.3) is 89.1 Å². The van der Waals surface area contributed by atoms with Crippen molar-refractivity contribution in [3.8, 4) is 56.4 Å². The maximum Gasteiger partial charge on any atom is 0.164 e. The van der Waals surface area contributed by atoms with Crippen molar-refractivity contribution in [3.05, 3.63) is 199 Å². The van der Waals surface area contributed by atoms with Gasteiger partial charge in [-0.3, -0.25) is 0 Å². The Hall–Kier alpha value is -7.17. The van der Waals surface area contributed by atoms with E-state index in [1.54, 1.807) is 0 Å². The molecule has 0 saturated carbocycles. The number of benzene rings is 8. The molecule has 0 aliphatic heterocycles. The Kier molecular flexibility index (Phi) is 7.66. The highest BCUT2D eigenvalue weighted by Gasteiger charge is 2.26. The molecular formula is C52H35N3O. The molecular weight excluding hydrogens is 683 g/mol. The minimum absolute atomic E-state index is 0.280. The van der Waals surface area contributed by atoms with Gasteiger partial charge in [-0.2, -0.15) is 0 Å². The number of fused-ring (bicyclic) bond motifs is 7. The van der Waals surface area contributed by atoms with E-state index < -0.39 is 0 Å². The van der Waals surface area contributed by atoms with Crippen molar-refractivity contribution >= 4 is 32.7 Å². The number of hydrogen-bond acceptors (Lipinski definition) is 4. The van der Waals surface area contributed by atoms with Crippen molar-refractivity contribution in [3.63, 3.8) is 0 Å². The Morgan fingerprint density at radius 3 is 1.88 bits per heavy atom. The standard InChI is InChI=1S/C52H35N3O/c1-3-15-35(16-4-1)50-53-51(36-17-5-2-6-18-36)55-52(54-50)44-23-12-24-48-49(44)46-32-38(27-30-47(46)56-48)37-26-29-43-42(41-22-11-19-33-13-7-9-20-39(33)41)28-25-34-14-8-10-21-40(34)45(43)31-37/h1-24,26-27,29-32,42H,25,28H2. The Morgan fingerprint density at radius 2 is 1.05 bits per heavy atom. The summed E-state index contributed by atoms with van der Waals surface area (Å²) in [5.41, 5.74) is 13.5. The van der Waals surface area contributed by atoms with Gasteiger partial charge in [-0.05, 0) is 86.8 Å². The van der Waals surface area contributed by atoms with Crippen LogP contribution in [0.2, 0.25) is 0 Å². The van der Waals surface area contributed by atoms with E-state index in [2.05, 4.69) is 109 Å². The van der Waals surface area contributed by atoms with Crippen molar-refractivity contribution in [1.82, 2.24) is 15.0 Å². The molecule has 0 N–H and O–H groups in total. The van der Waals surface area contributed by atoms with Crippen molar-refractivity contribution in [2.75, 3.05) is 0 Å². The van der Waals surface area contributed by atoms with E-state index in [-0.39, 0.29) is 5.92 Å². The van der Waals surface area contributed by atoms with Gasteiger partial charge in [0.1, 0.15) is 11.2 Å². The lowest BCUT2D eigenvalue weighted by atomic mass is 9.82. The van der Waals surface area contributed by atoms with Gasteiger partial charge in [0.15, 0.2) is 17.5 Å². The second kappa shape index (κ2) is 13.3. The first-order valence-corrected chi connectivity index (χ1v) is 19.3. The summed E-state index contributed by atoms with van der Waals surface area (Å²) in [5, 5.41) is 4.64. The number of rotatable bonds is 5. The fourth-order valence-corrected chi connectivity index (χ4v) is 8.73. The molecule has 10 aromatic rings. The molecule has 11 rings (SSSR count). The molecule has 1 aliphatic rings. The Balaban J connectivity index is 1.08. The molecule has 1 atom stereocenters. The maximum absolute atomic E-state index is 6.52. The fourth-order valence-electron chi connectivity index (χ4n) is 8.73. The van der Waals surface area contributed by atoms with Gasteiger partial charge in [0.05, 0.1) is 0 Å². The van der Waals surface area contributed by atoms with Crippen LogP contribution in [0.15, 0.2) is 186 Å². The molecule has 264 valence electrons. The minimum Gasteiger partial charge on any atom is -0.456 e. The first kappa shape index (κ1) is 32.3. The maximum atomic E-state index is 6.52. The molecule has 0 radical (unpaired) electrons. The highest BCUT2D eigenvalue weighted by molar-refractivity contribution is 6.13. The smallest absolute Gasteiger partial charge is 0.164 e. The van der Waals surface area contributed by atoms with Gasteiger partial charge >= 0.3 is 0 Å². The first-order valence-electron chi connectivity index (χ1n) is 19.3. The summed E-state index contributed by atoms with van der Waals surface area (Å²) in [7, 11) is 0. The normalized spacial score (nSPS) is 13.8. The average molecular weight is 718 g/mol. The SMILES string of the molecule is c1ccc(-c2nc(-c3ccccc3)nc(-c3cccc4oc5ccc(-c6ccc7c(c6)-c6ccccc6CCC7c6cccc7ccccc67)cc5c34)n2)cc1. The van der Waals surface area contributed by atoms with Gasteiger partial charge in [0.2, 0.25) is 0 Å². The van der Waals surface area contributed by atoms with Gasteiger partial charge in [-0.15, -0.1) is 0 Å². The van der Waals surface area contributed by atoms with E-state index in [4.69, 9.17) is 19.4 Å². The molecule has 0 spiro atoms. The number of nitrogens with zero attached hydrogens (tertiary/aromatic N) is 3. The number of aryl methyl sites for hydroxylation is 1. The predicted molar refractivity (Wildman–Crippen MR) is 228 cm³/mol. The zero-order chi connectivity index (χ0) is 37.0. The third-order valence-electron chi connectivity index (χ3n) is 11.4. The van der Waals surface area contributed by atoms with Crippen molar-refractivity contribution < 1.29 is 4.42 Å². The largest absolute Gasteiger partial charge is 0.456 e. The van der Waals surface area contributed by atoms with E-state index in [0.29, 0.717) is 17.5 Å². The van der Waals surface area contributed by atoms with E-state index in [1.807, 2.05) is 72.8 Å². The van der Waals surface area contributed by atoms with Crippen LogP contribution in [0.3, 0.4) is 0 Å². The zero-order valence-corrected chi connectivity index (χ0v) is 30.6. The Bertz CT molecular complexity index is 3030. The molecule has 2 heterocycles. The lowest BCUT2D eigenvalue weighted by Crippen LogP contribution is -2.03. The van der Waals surface area contributed by atoms with E-state index in [1.165, 1.54) is 44.2 Å². The zero-order valence-electron chi connectivity index (χ0n) is 30.6. The average Bonchev–Trinajstić information content (AvgIpc) is 3.57. The van der Waals surface area contributed by atoms with Crippen LogP contribution < -0.4 is 0 Å². The van der Waals surface area contributed by atoms with Crippen molar-refractivity contribution in [1.29, 1.82) is 0 Å². The molecule has 1 unspecified atom stereocenters. The molecule has 0 fully saturated rings. The number of furan rings is 1. The Labute approximate surface area is 324 Å². The fraction of sp³-hybridized carbons (Fsp3) is 0.0577. The molecule has 0 saturated heterocycles. The summed E-state index contributed by atoms with van der Waals surface area (Å²) in [6.45, 7) is 0. The monoisotopic (exact) mass is 717 g/mol. The highest BCUT2D eigenvalue weighted by Crippen LogP contribution is 2.45. The van der Waals surface area contributed by atoms with E-state index in [0.717, 1.165) is 57.0 Å². The molecule has 0 bridgehead atoms. The molecule has 4 heteroatoms. The van der Waals surface area contributed by atoms with Crippen molar-refractivity contribution in [2.45, 2.75) is 18.8 Å². The molecule has 1 aliphatic carbocycles. The van der Waals surface area contributed by atoms with Gasteiger partial charge in [0.25, 0.3) is 0 Å². The highest BCUT2D eigenvalue weighted by atomic mass is 16.3. The topological polar surface area (TPSA) is 51.8 Å². The molecule has 8 aromatic carbocycles. The minimum atomic E-state index is 0.280. The summed E-state index contributed by atoms with van der Waals surface area (Å²) < 4.78 is 6.52. The summed E-state index contributed by atoms with van der Waals surface area (Å²) >= 11 is 0. The van der Waals surface area contributed by atoms with Crippen LogP contribution in [0, 0.1) is 0 Å². The predicted octanol–water partition coefficient (Wildman–Crippen LogP) is 13.3. The Morgan fingerprint density at radius 1 is 0.411 bits per heavy atom. The van der Waals surface area contributed by atoms with Crippen LogP contribution in [0.4, 0.5) is 0 Å². The van der Waals surface area contributed by atoms with E-state index in [9.17, 15) is 0 Å². The lowest BCUT2D eigenvalue weighted by molar-refractivity contribution is 0.669. The van der Waals surface area contributed by atoms with Crippen LogP contribution in [-0.4, -0.2) is 15.0 Å². The van der Waals surface area contributed by atoms with Crippen LogP contribution in [0.5, 0.6) is 0 Å². The number of hydrogen-bond donors (Lipinski definition) is 0. The van der Waals surface area contributed by atoms with Crippen LogP contribution >= 0.6 is 0 Å². The van der Waals surface area contributed by atoms with Gasteiger partial charge in [-0.25, -0.2) is 15.0 Å². The molecule has 0 amide bonds. The first-order chi connectivity index (χ1) is 27.7. The molecule has 2 aromatic heterocycles. The van der Waals surface area contributed by atoms with Crippen LogP contribution in [-0.2, 0) is 6.42 Å². The van der Waals surface area contributed by atoms with E-state index >= 15 is 0 Å². The summed E-state index contributed by atoms with van der Waals surface area (Å²) in [5.74, 6) is 2.15. The molecule has 56 heavy (non-hydrogen) atoms. The van der Waals surface area contributed by atoms with Gasteiger partial charge in [-0.1, -0.05) is 158 Å². The third kappa shape index (κ3) is 5.49. The second-order valence-electron chi connectivity index (χ2n) is 14.6.